The molecule has 0 aliphatic carbocycles. The van der Waals surface area contributed by atoms with E-state index in [4.69, 9.17) is 5.73 Å². The minimum absolute atomic E-state index is 0.00607. The number of nitrogens with two attached hydrogens (primary N) is 1. The van der Waals surface area contributed by atoms with Crippen LogP contribution in [0.5, 0.6) is 0 Å². The van der Waals surface area contributed by atoms with E-state index in [1.807, 2.05) is 6.07 Å². The normalized spacial score (nSPS) is 19.5. The molecule has 1 fully saturated rings. The average molecular weight is 233 g/mol. The first-order valence-corrected chi connectivity index (χ1v) is 5.50. The fourth-order valence-corrected chi connectivity index (χ4v) is 1.94. The summed E-state index contributed by atoms with van der Waals surface area (Å²) < 4.78 is 0. The summed E-state index contributed by atoms with van der Waals surface area (Å²) >= 11 is 0. The van der Waals surface area contributed by atoms with Crippen LogP contribution in [0.2, 0.25) is 0 Å². The topological polar surface area (TPSA) is 75.4 Å². The molecule has 1 aromatic carbocycles. The molecule has 1 aromatic rings. The predicted octanol–water partition coefficient (Wildman–Crippen LogP) is 0.110. The molecule has 2 rings (SSSR count). The average Bonchev–Trinajstić information content (AvgIpc) is 2.67. The van der Waals surface area contributed by atoms with E-state index in [1.165, 1.54) is 0 Å². The van der Waals surface area contributed by atoms with E-state index in [1.54, 1.807) is 30.1 Å². The van der Waals surface area contributed by atoms with E-state index < -0.39 is 0 Å². The third-order valence-corrected chi connectivity index (χ3v) is 2.80. The van der Waals surface area contributed by atoms with Crippen LogP contribution in [0.1, 0.15) is 16.8 Å². The van der Waals surface area contributed by atoms with Crippen LogP contribution in [0.3, 0.4) is 0 Å². The van der Waals surface area contributed by atoms with Crippen molar-refractivity contribution in [1.82, 2.24) is 5.32 Å². The van der Waals surface area contributed by atoms with E-state index in [9.17, 15) is 9.59 Å². The van der Waals surface area contributed by atoms with Gasteiger partial charge >= 0.3 is 0 Å². The van der Waals surface area contributed by atoms with Crippen LogP contribution in [0, 0.1) is 0 Å². The number of hydrogen-bond donors (Lipinski definition) is 2. The van der Waals surface area contributed by atoms with Crippen LogP contribution in [-0.2, 0) is 4.79 Å². The molecular weight excluding hydrogens is 218 g/mol. The number of benzene rings is 1. The number of amides is 2. The molecule has 2 amide bonds. The van der Waals surface area contributed by atoms with Crippen LogP contribution in [0.15, 0.2) is 24.3 Å². The van der Waals surface area contributed by atoms with Crippen molar-refractivity contribution in [3.63, 3.8) is 0 Å². The maximum absolute atomic E-state index is 11.7. The smallest absolute Gasteiger partial charge is 0.251 e. The van der Waals surface area contributed by atoms with Crippen molar-refractivity contribution in [2.75, 3.05) is 18.5 Å². The molecule has 90 valence electrons. The quantitative estimate of drug-likeness (QED) is 0.761. The summed E-state index contributed by atoms with van der Waals surface area (Å²) in [7, 11) is 1.58. The minimum Gasteiger partial charge on any atom is -0.355 e. The maximum Gasteiger partial charge on any atom is 0.251 e. The molecule has 1 unspecified atom stereocenters. The van der Waals surface area contributed by atoms with Crippen molar-refractivity contribution in [3.05, 3.63) is 29.8 Å². The summed E-state index contributed by atoms with van der Waals surface area (Å²) in [5.74, 6) is -0.158. The molecule has 1 saturated heterocycles. The number of nitrogens with one attached hydrogen (secondary N) is 1. The van der Waals surface area contributed by atoms with Crippen LogP contribution in [-0.4, -0.2) is 31.4 Å². The van der Waals surface area contributed by atoms with E-state index in [0.717, 1.165) is 5.69 Å². The van der Waals surface area contributed by atoms with Crippen molar-refractivity contribution in [2.45, 2.75) is 12.5 Å². The number of hydrogen-bond acceptors (Lipinski definition) is 3. The lowest BCUT2D eigenvalue weighted by molar-refractivity contribution is -0.117. The fourth-order valence-electron chi connectivity index (χ4n) is 1.94. The highest BCUT2D eigenvalue weighted by molar-refractivity contribution is 5.99. The second-order valence-corrected chi connectivity index (χ2v) is 4.10. The van der Waals surface area contributed by atoms with Gasteiger partial charge < -0.3 is 16.0 Å². The SMILES string of the molecule is CNC(=O)c1cccc(N2CC(N)CC2=O)c1. The second kappa shape index (κ2) is 4.55. The van der Waals surface area contributed by atoms with Crippen molar-refractivity contribution in [3.8, 4) is 0 Å². The lowest BCUT2D eigenvalue weighted by Crippen LogP contribution is -2.28. The molecule has 1 heterocycles. The van der Waals surface area contributed by atoms with Gasteiger partial charge in [-0.25, -0.2) is 0 Å². The molecule has 1 aliphatic rings. The number of carbonyl (C=O) groups is 2. The zero-order chi connectivity index (χ0) is 12.4. The van der Waals surface area contributed by atoms with E-state index >= 15 is 0 Å². The van der Waals surface area contributed by atoms with Gasteiger partial charge in [0.1, 0.15) is 0 Å². The van der Waals surface area contributed by atoms with Crippen molar-refractivity contribution >= 4 is 17.5 Å². The van der Waals surface area contributed by atoms with Gasteiger partial charge in [-0.1, -0.05) is 6.07 Å². The highest BCUT2D eigenvalue weighted by Crippen LogP contribution is 2.21. The van der Waals surface area contributed by atoms with E-state index in [-0.39, 0.29) is 17.9 Å². The van der Waals surface area contributed by atoms with Crippen LogP contribution in [0.25, 0.3) is 0 Å². The van der Waals surface area contributed by atoms with Crippen molar-refractivity contribution < 1.29 is 9.59 Å². The molecule has 5 heteroatoms. The molecule has 0 aromatic heterocycles. The van der Waals surface area contributed by atoms with Gasteiger partial charge in [0, 0.05) is 37.3 Å². The zero-order valence-corrected chi connectivity index (χ0v) is 9.64. The molecule has 0 bridgehead atoms. The Morgan fingerprint density at radius 2 is 2.29 bits per heavy atom. The highest BCUT2D eigenvalue weighted by Gasteiger charge is 2.28. The van der Waals surface area contributed by atoms with Crippen molar-refractivity contribution in [2.24, 2.45) is 5.73 Å². The lowest BCUT2D eigenvalue weighted by Gasteiger charge is -2.16. The number of anilines is 1. The molecule has 5 nitrogen and oxygen atoms in total. The lowest BCUT2D eigenvalue weighted by atomic mass is 10.2. The Morgan fingerprint density at radius 1 is 1.53 bits per heavy atom. The molecular formula is C12H15N3O2. The first-order chi connectivity index (χ1) is 8.11. The summed E-state index contributed by atoms with van der Waals surface area (Å²) in [6, 6.07) is 6.86. The molecule has 0 spiro atoms. The third kappa shape index (κ3) is 2.29. The molecule has 0 saturated carbocycles. The number of rotatable bonds is 2. The monoisotopic (exact) mass is 233 g/mol. The van der Waals surface area contributed by atoms with Gasteiger partial charge in [-0.2, -0.15) is 0 Å². The van der Waals surface area contributed by atoms with Crippen molar-refractivity contribution in [1.29, 1.82) is 0 Å². The van der Waals surface area contributed by atoms with Gasteiger partial charge in [-0.3, -0.25) is 9.59 Å². The van der Waals surface area contributed by atoms with Crippen LogP contribution < -0.4 is 16.0 Å². The summed E-state index contributed by atoms with van der Waals surface area (Å²) in [5.41, 5.74) is 7.00. The molecule has 1 aliphatic heterocycles. The Morgan fingerprint density at radius 3 is 2.88 bits per heavy atom. The van der Waals surface area contributed by atoms with Crippen LogP contribution >= 0.6 is 0 Å². The largest absolute Gasteiger partial charge is 0.355 e. The third-order valence-electron chi connectivity index (χ3n) is 2.80. The Kier molecular flexibility index (Phi) is 3.10. The van der Waals surface area contributed by atoms with Gasteiger partial charge in [-0.05, 0) is 18.2 Å². The first-order valence-electron chi connectivity index (χ1n) is 5.50. The fraction of sp³-hybridized carbons (Fsp3) is 0.333. The van der Waals surface area contributed by atoms with Gasteiger partial charge in [0.05, 0.1) is 0 Å². The number of carbonyl (C=O) groups excluding carboxylic acids is 2. The summed E-state index contributed by atoms with van der Waals surface area (Å²) in [6.07, 6.45) is 0.365. The number of nitrogens with zero attached hydrogens (tertiary/aromatic N) is 1. The summed E-state index contributed by atoms with van der Waals surface area (Å²) in [6.45, 7) is 0.510. The standard InChI is InChI=1S/C12H15N3O2/c1-14-12(17)8-3-2-4-10(5-8)15-7-9(13)6-11(15)16/h2-5,9H,6-7,13H2,1H3,(H,14,17). The second-order valence-electron chi connectivity index (χ2n) is 4.10. The zero-order valence-electron chi connectivity index (χ0n) is 9.64. The van der Waals surface area contributed by atoms with Gasteiger partial charge in [0.15, 0.2) is 0 Å². The van der Waals surface area contributed by atoms with Gasteiger partial charge in [0.25, 0.3) is 5.91 Å². The Labute approximate surface area is 99.6 Å². The molecule has 17 heavy (non-hydrogen) atoms. The summed E-state index contributed by atoms with van der Waals surface area (Å²) in [5, 5.41) is 2.55. The van der Waals surface area contributed by atoms with E-state index in [2.05, 4.69) is 5.32 Å². The van der Waals surface area contributed by atoms with Gasteiger partial charge in [-0.15, -0.1) is 0 Å². The Balaban J connectivity index is 2.27. The highest BCUT2D eigenvalue weighted by atomic mass is 16.2. The minimum atomic E-state index is -0.164. The van der Waals surface area contributed by atoms with E-state index in [0.29, 0.717) is 18.5 Å². The molecule has 3 N–H and O–H groups in total. The van der Waals surface area contributed by atoms with Crippen LogP contribution in [0.4, 0.5) is 5.69 Å². The van der Waals surface area contributed by atoms with Gasteiger partial charge in [0.2, 0.25) is 5.91 Å². The maximum atomic E-state index is 11.7. The molecule has 1 atom stereocenters. The first kappa shape index (κ1) is 11.6. The summed E-state index contributed by atoms with van der Waals surface area (Å²) in [4.78, 5) is 24.8. The predicted molar refractivity (Wildman–Crippen MR) is 64.8 cm³/mol. The molecule has 0 radical (unpaired) electrons. The Bertz CT molecular complexity index is 459. The Hall–Kier alpha value is -1.88.